The van der Waals surface area contributed by atoms with Crippen LogP contribution in [-0.4, -0.2) is 44.9 Å². The lowest BCUT2D eigenvalue weighted by atomic mass is 9.78. The Labute approximate surface area is 161 Å². The minimum atomic E-state index is -1.07. The van der Waals surface area contributed by atoms with E-state index in [9.17, 15) is 19.8 Å². The maximum absolute atomic E-state index is 12.4. The van der Waals surface area contributed by atoms with Crippen LogP contribution in [0, 0.1) is 11.8 Å². The number of thioether (sulfide) groups is 1. The molecule has 2 heterocycles. The number of hydrogen-bond acceptors (Lipinski definition) is 4. The van der Waals surface area contributed by atoms with Crippen LogP contribution in [0.25, 0.3) is 10.8 Å². The summed E-state index contributed by atoms with van der Waals surface area (Å²) in [5, 5.41) is 21.9. The van der Waals surface area contributed by atoms with Crippen molar-refractivity contribution in [3.8, 4) is 0 Å². The summed E-state index contributed by atoms with van der Waals surface area (Å²) in [6, 6.07) is 14.0. The predicted molar refractivity (Wildman–Crippen MR) is 104 cm³/mol. The third kappa shape index (κ3) is 2.84. The Morgan fingerprint density at radius 3 is 2.59 bits per heavy atom. The SMILES string of the molecule is C[C@@H](O)[C@H]1C(=O)N2C(C(=O)O)=C(CSc3ccc4ccccc4c3)[C@H](C)[C@H]12. The monoisotopic (exact) mass is 383 g/mol. The zero-order chi connectivity index (χ0) is 19.3. The Hall–Kier alpha value is -2.31. The van der Waals surface area contributed by atoms with Gasteiger partial charge in [0.15, 0.2) is 0 Å². The van der Waals surface area contributed by atoms with Gasteiger partial charge in [-0.2, -0.15) is 0 Å². The van der Waals surface area contributed by atoms with E-state index < -0.39 is 18.0 Å². The summed E-state index contributed by atoms with van der Waals surface area (Å²) in [5.74, 6) is -1.45. The maximum atomic E-state index is 12.4. The normalized spacial score (nSPS) is 25.5. The summed E-state index contributed by atoms with van der Waals surface area (Å²) in [6.45, 7) is 3.54. The lowest BCUT2D eigenvalue weighted by Crippen LogP contribution is -2.63. The number of benzene rings is 2. The van der Waals surface area contributed by atoms with Crippen molar-refractivity contribution in [2.45, 2.75) is 30.9 Å². The van der Waals surface area contributed by atoms with Crippen molar-refractivity contribution < 1.29 is 19.8 Å². The second-order valence-corrected chi connectivity index (χ2v) is 8.28. The molecule has 1 saturated heterocycles. The first-order chi connectivity index (χ1) is 12.9. The molecule has 2 aliphatic rings. The van der Waals surface area contributed by atoms with Crippen LogP contribution in [0.1, 0.15) is 13.8 Å². The molecule has 2 aromatic rings. The molecule has 27 heavy (non-hydrogen) atoms. The van der Waals surface area contributed by atoms with Crippen molar-refractivity contribution in [2.75, 3.05) is 5.75 Å². The number of aliphatic carboxylic acids is 1. The van der Waals surface area contributed by atoms with Crippen molar-refractivity contribution in [3.63, 3.8) is 0 Å². The highest BCUT2D eigenvalue weighted by Gasteiger charge is 2.59. The van der Waals surface area contributed by atoms with Crippen LogP contribution in [-0.2, 0) is 9.59 Å². The highest BCUT2D eigenvalue weighted by molar-refractivity contribution is 7.99. The third-order valence-electron chi connectivity index (χ3n) is 5.63. The number of rotatable bonds is 5. The van der Waals surface area contributed by atoms with Crippen molar-refractivity contribution in [2.24, 2.45) is 11.8 Å². The van der Waals surface area contributed by atoms with Crippen LogP contribution >= 0.6 is 11.8 Å². The lowest BCUT2D eigenvalue weighted by molar-refractivity contribution is -0.163. The molecule has 0 radical (unpaired) electrons. The number of fused-ring (bicyclic) bond motifs is 2. The van der Waals surface area contributed by atoms with Crippen LogP contribution < -0.4 is 0 Å². The number of β-lactam (4-membered cyclic amide) rings is 1. The Bertz CT molecular complexity index is 968. The van der Waals surface area contributed by atoms with E-state index in [1.54, 1.807) is 18.7 Å². The molecule has 1 amide bonds. The second-order valence-electron chi connectivity index (χ2n) is 7.23. The topological polar surface area (TPSA) is 77.8 Å². The minimum absolute atomic E-state index is 0.0821. The van der Waals surface area contributed by atoms with Crippen LogP contribution in [0.2, 0.25) is 0 Å². The van der Waals surface area contributed by atoms with E-state index in [4.69, 9.17) is 0 Å². The number of nitrogens with zero attached hydrogens (tertiary/aromatic N) is 1. The number of carbonyl (C=O) groups excluding carboxylic acids is 1. The molecule has 4 rings (SSSR count). The molecule has 0 unspecified atom stereocenters. The van der Waals surface area contributed by atoms with Gasteiger partial charge in [0.1, 0.15) is 5.70 Å². The van der Waals surface area contributed by atoms with E-state index in [0.717, 1.165) is 21.2 Å². The van der Waals surface area contributed by atoms with Crippen molar-refractivity contribution in [1.29, 1.82) is 0 Å². The summed E-state index contributed by atoms with van der Waals surface area (Å²) in [7, 11) is 0. The molecule has 4 atom stereocenters. The Kier molecular flexibility index (Phi) is 4.48. The van der Waals surface area contributed by atoms with E-state index in [-0.39, 0.29) is 23.6 Å². The van der Waals surface area contributed by atoms with E-state index in [1.165, 1.54) is 4.90 Å². The number of carbonyl (C=O) groups is 2. The molecule has 0 spiro atoms. The Balaban J connectivity index is 1.60. The molecule has 0 aromatic heterocycles. The molecule has 0 aliphatic carbocycles. The van der Waals surface area contributed by atoms with Crippen LogP contribution in [0.4, 0.5) is 0 Å². The highest BCUT2D eigenvalue weighted by atomic mass is 32.2. The average Bonchev–Trinajstić information content (AvgIpc) is 2.88. The molecule has 2 aromatic carbocycles. The Morgan fingerprint density at radius 1 is 1.22 bits per heavy atom. The lowest BCUT2D eigenvalue weighted by Gasteiger charge is -2.46. The number of aliphatic hydroxyl groups excluding tert-OH is 1. The third-order valence-corrected chi connectivity index (χ3v) is 6.68. The van der Waals surface area contributed by atoms with Gasteiger partial charge >= 0.3 is 5.97 Å². The predicted octanol–water partition coefficient (Wildman–Crippen LogP) is 3.13. The maximum Gasteiger partial charge on any atom is 0.352 e. The fourth-order valence-corrected chi connectivity index (χ4v) is 5.35. The molecule has 0 bridgehead atoms. The van der Waals surface area contributed by atoms with Crippen molar-refractivity contribution >= 4 is 34.4 Å². The van der Waals surface area contributed by atoms with Gasteiger partial charge < -0.3 is 15.1 Å². The van der Waals surface area contributed by atoms with E-state index in [2.05, 4.69) is 24.3 Å². The quantitative estimate of drug-likeness (QED) is 0.613. The number of amides is 1. The fourth-order valence-electron chi connectivity index (χ4n) is 4.25. The van der Waals surface area contributed by atoms with Crippen LogP contribution in [0.5, 0.6) is 0 Å². The van der Waals surface area contributed by atoms with E-state index >= 15 is 0 Å². The molecular formula is C21H21NO4S. The van der Waals surface area contributed by atoms with Gasteiger partial charge in [0.2, 0.25) is 5.91 Å². The molecule has 1 fully saturated rings. The minimum Gasteiger partial charge on any atom is -0.477 e. The first kappa shape index (κ1) is 18.1. The summed E-state index contributed by atoms with van der Waals surface area (Å²) in [6.07, 6.45) is -0.774. The van der Waals surface area contributed by atoms with Gasteiger partial charge in [0.05, 0.1) is 18.1 Å². The first-order valence-corrected chi connectivity index (χ1v) is 9.97. The summed E-state index contributed by atoms with van der Waals surface area (Å²) in [4.78, 5) is 26.6. The smallest absolute Gasteiger partial charge is 0.352 e. The van der Waals surface area contributed by atoms with Crippen molar-refractivity contribution in [3.05, 3.63) is 53.7 Å². The van der Waals surface area contributed by atoms with Gasteiger partial charge in [0, 0.05) is 16.6 Å². The summed E-state index contributed by atoms with van der Waals surface area (Å²) < 4.78 is 0. The molecule has 5 nitrogen and oxygen atoms in total. The van der Waals surface area contributed by atoms with Crippen LogP contribution in [0.15, 0.2) is 58.6 Å². The van der Waals surface area contributed by atoms with Crippen LogP contribution in [0.3, 0.4) is 0 Å². The summed E-state index contributed by atoms with van der Waals surface area (Å²) in [5.41, 5.74) is 0.866. The number of carboxylic acids is 1. The highest BCUT2D eigenvalue weighted by Crippen LogP contribution is 2.48. The van der Waals surface area contributed by atoms with Gasteiger partial charge in [-0.1, -0.05) is 37.3 Å². The van der Waals surface area contributed by atoms with Gasteiger partial charge in [-0.05, 0) is 35.4 Å². The average molecular weight is 383 g/mol. The molecular weight excluding hydrogens is 362 g/mol. The van der Waals surface area contributed by atoms with Gasteiger partial charge in [-0.15, -0.1) is 11.8 Å². The zero-order valence-electron chi connectivity index (χ0n) is 15.1. The summed E-state index contributed by atoms with van der Waals surface area (Å²) >= 11 is 1.58. The number of carboxylic acid groups (broad SMARTS) is 1. The largest absolute Gasteiger partial charge is 0.477 e. The standard InChI is InChI=1S/C21H21NO4S/c1-11-16(10-27-15-8-7-13-5-3-4-6-14(13)9-15)19(21(25)26)22-18(11)17(12(2)23)20(22)24/h3-9,11-12,17-18,23H,10H2,1-2H3,(H,25,26)/t11-,12+,17+,18+/m0/s1. The molecule has 140 valence electrons. The number of aliphatic hydroxyl groups is 1. The van der Waals surface area contributed by atoms with Gasteiger partial charge in [-0.25, -0.2) is 4.79 Å². The molecule has 2 aliphatic heterocycles. The zero-order valence-corrected chi connectivity index (χ0v) is 15.9. The Morgan fingerprint density at radius 2 is 1.93 bits per heavy atom. The first-order valence-electron chi connectivity index (χ1n) is 8.99. The fraction of sp³-hybridized carbons (Fsp3) is 0.333. The van der Waals surface area contributed by atoms with E-state index in [1.807, 2.05) is 25.1 Å². The van der Waals surface area contributed by atoms with E-state index in [0.29, 0.717) is 5.75 Å². The molecule has 2 N–H and O–H groups in total. The second kappa shape index (κ2) is 6.69. The molecule has 6 heteroatoms. The van der Waals surface area contributed by atoms with Gasteiger partial charge in [0.25, 0.3) is 0 Å². The molecule has 0 saturated carbocycles. The van der Waals surface area contributed by atoms with Gasteiger partial charge in [-0.3, -0.25) is 4.79 Å². The number of hydrogen-bond donors (Lipinski definition) is 2. The van der Waals surface area contributed by atoms with Crippen molar-refractivity contribution in [1.82, 2.24) is 4.90 Å².